The molecule has 0 radical (unpaired) electrons. The zero-order chi connectivity index (χ0) is 14.6. The SMILES string of the molecule is COc1c(C)c(C)c(Br)c(C)c1NC(=O)CCC#N. The average molecular weight is 325 g/mol. The number of carbonyl (C=O) groups is 1. The minimum absolute atomic E-state index is 0.182. The number of anilines is 1. The Morgan fingerprint density at radius 2 is 1.95 bits per heavy atom. The first-order chi connectivity index (χ1) is 8.93. The van der Waals surface area contributed by atoms with Crippen LogP contribution in [0.25, 0.3) is 0 Å². The highest BCUT2D eigenvalue weighted by Crippen LogP contribution is 2.39. The van der Waals surface area contributed by atoms with Crippen molar-refractivity contribution in [3.05, 3.63) is 21.2 Å². The summed E-state index contributed by atoms with van der Waals surface area (Å²) in [6, 6.07) is 1.96. The van der Waals surface area contributed by atoms with Crippen LogP contribution in [0.1, 0.15) is 29.5 Å². The number of rotatable bonds is 4. The molecule has 0 spiro atoms. The molecule has 0 unspecified atom stereocenters. The molecule has 1 rings (SSSR count). The van der Waals surface area contributed by atoms with Gasteiger partial charge in [0.2, 0.25) is 5.91 Å². The maximum atomic E-state index is 11.8. The van der Waals surface area contributed by atoms with E-state index < -0.39 is 0 Å². The fourth-order valence-electron chi connectivity index (χ4n) is 1.86. The molecule has 1 N–H and O–H groups in total. The van der Waals surface area contributed by atoms with E-state index in [0.717, 1.165) is 21.2 Å². The third-order valence-corrected chi connectivity index (χ3v) is 4.29. The fraction of sp³-hybridized carbons (Fsp3) is 0.429. The van der Waals surface area contributed by atoms with Gasteiger partial charge in [-0.1, -0.05) is 15.9 Å². The van der Waals surface area contributed by atoms with Gasteiger partial charge in [0.1, 0.15) is 5.75 Å². The number of nitrogens with zero attached hydrogens (tertiary/aromatic N) is 1. The smallest absolute Gasteiger partial charge is 0.225 e. The van der Waals surface area contributed by atoms with Crippen LogP contribution in [0.5, 0.6) is 5.75 Å². The number of benzene rings is 1. The minimum atomic E-state index is -0.182. The largest absolute Gasteiger partial charge is 0.494 e. The van der Waals surface area contributed by atoms with Crippen molar-refractivity contribution in [1.29, 1.82) is 5.26 Å². The lowest BCUT2D eigenvalue weighted by Crippen LogP contribution is -2.14. The topological polar surface area (TPSA) is 62.1 Å². The molecule has 0 fully saturated rings. The summed E-state index contributed by atoms with van der Waals surface area (Å²) in [6.45, 7) is 5.86. The molecule has 0 saturated carbocycles. The van der Waals surface area contributed by atoms with Gasteiger partial charge >= 0.3 is 0 Å². The Bertz CT molecular complexity index is 548. The number of ether oxygens (including phenoxy) is 1. The van der Waals surface area contributed by atoms with Crippen molar-refractivity contribution in [2.24, 2.45) is 0 Å². The standard InChI is InChI=1S/C14H17BrN2O2/c1-8-9(2)14(19-4)13(10(3)12(8)15)17-11(18)6-5-7-16/h5-6H2,1-4H3,(H,17,18). The summed E-state index contributed by atoms with van der Waals surface area (Å²) in [4.78, 5) is 11.8. The van der Waals surface area contributed by atoms with Gasteiger partial charge in [0.25, 0.3) is 0 Å². The fourth-order valence-corrected chi connectivity index (χ4v) is 2.36. The van der Waals surface area contributed by atoms with E-state index >= 15 is 0 Å². The number of nitriles is 1. The molecule has 0 aliphatic heterocycles. The summed E-state index contributed by atoms with van der Waals surface area (Å²) in [7, 11) is 1.58. The summed E-state index contributed by atoms with van der Waals surface area (Å²) in [5.74, 6) is 0.488. The van der Waals surface area contributed by atoms with Crippen LogP contribution in [-0.2, 0) is 4.79 Å². The zero-order valence-electron chi connectivity index (χ0n) is 11.6. The molecule has 4 nitrogen and oxygen atoms in total. The van der Waals surface area contributed by atoms with Crippen LogP contribution in [-0.4, -0.2) is 13.0 Å². The van der Waals surface area contributed by atoms with Crippen LogP contribution >= 0.6 is 15.9 Å². The second-order valence-electron chi connectivity index (χ2n) is 4.30. The lowest BCUT2D eigenvalue weighted by Gasteiger charge is -2.19. The van der Waals surface area contributed by atoms with Gasteiger partial charge in [-0.15, -0.1) is 0 Å². The predicted octanol–water partition coefficient (Wildman–Crippen LogP) is 3.63. The third kappa shape index (κ3) is 3.27. The summed E-state index contributed by atoms with van der Waals surface area (Å²) >= 11 is 3.53. The molecular weight excluding hydrogens is 308 g/mol. The number of hydrogen-bond donors (Lipinski definition) is 1. The number of amides is 1. The molecule has 5 heteroatoms. The lowest BCUT2D eigenvalue weighted by atomic mass is 10.0. The summed E-state index contributed by atoms with van der Waals surface area (Å²) < 4.78 is 6.36. The third-order valence-electron chi connectivity index (χ3n) is 3.10. The molecule has 0 saturated heterocycles. The quantitative estimate of drug-likeness (QED) is 0.919. The van der Waals surface area contributed by atoms with Crippen molar-refractivity contribution in [2.75, 3.05) is 12.4 Å². The summed E-state index contributed by atoms with van der Waals surface area (Å²) in [6.07, 6.45) is 0.392. The van der Waals surface area contributed by atoms with Gasteiger partial charge in [-0.3, -0.25) is 4.79 Å². The molecule has 102 valence electrons. The van der Waals surface area contributed by atoms with Gasteiger partial charge < -0.3 is 10.1 Å². The number of halogens is 1. The molecule has 0 heterocycles. The summed E-state index contributed by atoms with van der Waals surface area (Å²) in [5.41, 5.74) is 3.66. The highest BCUT2D eigenvalue weighted by atomic mass is 79.9. The van der Waals surface area contributed by atoms with E-state index in [1.54, 1.807) is 7.11 Å². The van der Waals surface area contributed by atoms with Gasteiger partial charge in [0.15, 0.2) is 0 Å². The van der Waals surface area contributed by atoms with Crippen molar-refractivity contribution < 1.29 is 9.53 Å². The van der Waals surface area contributed by atoms with E-state index in [-0.39, 0.29) is 18.7 Å². The van der Waals surface area contributed by atoms with Crippen molar-refractivity contribution in [1.82, 2.24) is 0 Å². The van der Waals surface area contributed by atoms with E-state index in [1.807, 2.05) is 26.8 Å². The van der Waals surface area contributed by atoms with Gasteiger partial charge in [-0.25, -0.2) is 0 Å². The van der Waals surface area contributed by atoms with Crippen LogP contribution in [0.3, 0.4) is 0 Å². The van der Waals surface area contributed by atoms with Crippen LogP contribution in [0.2, 0.25) is 0 Å². The predicted molar refractivity (Wildman–Crippen MR) is 78.4 cm³/mol. The second-order valence-corrected chi connectivity index (χ2v) is 5.10. The number of hydrogen-bond acceptors (Lipinski definition) is 3. The maximum Gasteiger partial charge on any atom is 0.225 e. The van der Waals surface area contributed by atoms with E-state index in [4.69, 9.17) is 10.00 Å². The molecule has 1 amide bonds. The van der Waals surface area contributed by atoms with E-state index in [1.165, 1.54) is 0 Å². The number of methoxy groups -OCH3 is 1. The molecule has 1 aromatic rings. The number of nitrogens with one attached hydrogen (secondary N) is 1. The lowest BCUT2D eigenvalue weighted by molar-refractivity contribution is -0.116. The Balaban J connectivity index is 3.20. The molecule has 19 heavy (non-hydrogen) atoms. The van der Waals surface area contributed by atoms with Crippen LogP contribution in [0, 0.1) is 32.1 Å². The second kappa shape index (κ2) is 6.58. The first-order valence-electron chi connectivity index (χ1n) is 5.94. The van der Waals surface area contributed by atoms with Crippen molar-refractivity contribution >= 4 is 27.5 Å². The average Bonchev–Trinajstić information content (AvgIpc) is 2.40. The first kappa shape index (κ1) is 15.5. The Labute approximate surface area is 121 Å². The summed E-state index contributed by atoms with van der Waals surface area (Å²) in [5, 5.41) is 11.3. The van der Waals surface area contributed by atoms with E-state index in [0.29, 0.717) is 11.4 Å². The van der Waals surface area contributed by atoms with Gasteiger partial charge in [-0.05, 0) is 37.5 Å². The van der Waals surface area contributed by atoms with Crippen molar-refractivity contribution in [3.8, 4) is 11.8 Å². The molecule has 0 aliphatic rings. The Hall–Kier alpha value is -1.54. The van der Waals surface area contributed by atoms with E-state index in [2.05, 4.69) is 21.2 Å². The minimum Gasteiger partial charge on any atom is -0.494 e. The van der Waals surface area contributed by atoms with Crippen LogP contribution in [0.15, 0.2) is 4.47 Å². The molecular formula is C14H17BrN2O2. The van der Waals surface area contributed by atoms with Crippen LogP contribution in [0.4, 0.5) is 5.69 Å². The van der Waals surface area contributed by atoms with Crippen molar-refractivity contribution in [3.63, 3.8) is 0 Å². The Morgan fingerprint density at radius 3 is 2.47 bits per heavy atom. The zero-order valence-corrected chi connectivity index (χ0v) is 13.1. The maximum absolute atomic E-state index is 11.8. The molecule has 0 atom stereocenters. The first-order valence-corrected chi connectivity index (χ1v) is 6.73. The molecule has 0 aliphatic carbocycles. The highest BCUT2D eigenvalue weighted by molar-refractivity contribution is 9.10. The Morgan fingerprint density at radius 1 is 1.32 bits per heavy atom. The van der Waals surface area contributed by atoms with Gasteiger partial charge in [0, 0.05) is 17.3 Å². The normalized spacial score (nSPS) is 9.89. The van der Waals surface area contributed by atoms with Crippen molar-refractivity contribution in [2.45, 2.75) is 33.6 Å². The Kier molecular flexibility index (Phi) is 5.37. The van der Waals surface area contributed by atoms with Crippen LogP contribution < -0.4 is 10.1 Å². The van der Waals surface area contributed by atoms with E-state index in [9.17, 15) is 4.79 Å². The number of carbonyl (C=O) groups excluding carboxylic acids is 1. The van der Waals surface area contributed by atoms with Gasteiger partial charge in [0.05, 0.1) is 18.9 Å². The van der Waals surface area contributed by atoms with Gasteiger partial charge in [-0.2, -0.15) is 5.26 Å². The monoisotopic (exact) mass is 324 g/mol. The highest BCUT2D eigenvalue weighted by Gasteiger charge is 2.18. The molecule has 0 bridgehead atoms. The molecule has 0 aromatic heterocycles. The molecule has 1 aromatic carbocycles.